The Kier molecular flexibility index (Phi) is 12.8. The number of benzene rings is 2. The number of anilines is 1. The number of fused-ring (bicyclic) bond motifs is 1. The summed E-state index contributed by atoms with van der Waals surface area (Å²) in [4.78, 5) is 55.6. The number of hydrogen-bond donors (Lipinski definition) is 1. The van der Waals surface area contributed by atoms with Gasteiger partial charge in [-0.1, -0.05) is 45.2 Å². The Morgan fingerprint density at radius 1 is 0.938 bits per heavy atom. The minimum atomic E-state index is -5.08. The number of rotatable bonds is 7. The fourth-order valence-electron chi connectivity index (χ4n) is 6.50. The molecule has 3 heterocycles. The van der Waals surface area contributed by atoms with Crippen LogP contribution in [0.2, 0.25) is 10.0 Å². The molecule has 0 aliphatic carbocycles. The molecule has 2 unspecified atom stereocenters. The first-order valence-electron chi connectivity index (χ1n) is 15.6. The van der Waals surface area contributed by atoms with Gasteiger partial charge in [-0.15, -0.1) is 0 Å². The van der Waals surface area contributed by atoms with E-state index in [9.17, 15) is 27.6 Å². The van der Waals surface area contributed by atoms with Gasteiger partial charge in [-0.05, 0) is 80.5 Å². The third-order valence-corrected chi connectivity index (χ3v) is 10.3. The minimum Gasteiger partial charge on any atom is -0.475 e. The molecule has 2 aromatic carbocycles. The SMILES string of the molecule is CC(=O)N1CCC(C(=O)N(CCCN2CC3CN(C(=O)c4ccc(Br)cc4Cl)CC3C2)c2ccc(C)c(Cl)c2)CC1.O=C(O)C(F)(F)F. The van der Waals surface area contributed by atoms with E-state index in [0.717, 1.165) is 54.9 Å². The van der Waals surface area contributed by atoms with Gasteiger partial charge in [-0.25, -0.2) is 4.79 Å². The molecule has 3 fully saturated rings. The van der Waals surface area contributed by atoms with Crippen molar-refractivity contribution < 1.29 is 37.5 Å². The first-order chi connectivity index (χ1) is 22.5. The van der Waals surface area contributed by atoms with Crippen molar-refractivity contribution in [2.75, 3.05) is 57.3 Å². The Morgan fingerprint density at radius 2 is 1.54 bits per heavy atom. The highest BCUT2D eigenvalue weighted by Crippen LogP contribution is 2.34. The lowest BCUT2D eigenvalue weighted by atomic mass is 9.94. The first kappa shape index (κ1) is 37.9. The van der Waals surface area contributed by atoms with Gasteiger partial charge in [-0.2, -0.15) is 13.2 Å². The number of aryl methyl sites for hydroxylation is 1. The standard InChI is InChI=1S/C31H37BrCl2N4O3.C2HF3O2/c1-20-4-6-26(15-28(20)33)38(30(40)22-8-12-36(13-9-22)21(2)39)11-3-10-35-16-23-18-37(19-24(23)17-35)31(41)27-7-5-25(32)14-29(27)34;3-2(4,5)1(6)7/h4-7,14-15,22-24H,3,8-13,16-19H2,1-2H3;(H,6,7). The molecule has 0 aromatic heterocycles. The van der Waals surface area contributed by atoms with Gasteiger partial charge in [0.1, 0.15) is 0 Å². The summed E-state index contributed by atoms with van der Waals surface area (Å²) in [7, 11) is 0. The molecule has 5 rings (SSSR count). The highest BCUT2D eigenvalue weighted by molar-refractivity contribution is 9.10. The summed E-state index contributed by atoms with van der Waals surface area (Å²) >= 11 is 16.2. The normalized spacial score (nSPS) is 19.8. The molecule has 0 saturated carbocycles. The highest BCUT2D eigenvalue weighted by Gasteiger charge is 2.42. The van der Waals surface area contributed by atoms with Crippen LogP contribution >= 0.6 is 39.1 Å². The Bertz CT molecular complexity index is 1510. The topological polar surface area (TPSA) is 101 Å². The van der Waals surface area contributed by atoms with E-state index in [1.165, 1.54) is 0 Å². The van der Waals surface area contributed by atoms with E-state index in [4.69, 9.17) is 33.1 Å². The van der Waals surface area contributed by atoms with Crippen LogP contribution in [-0.2, 0) is 14.4 Å². The van der Waals surface area contributed by atoms with Crippen molar-refractivity contribution in [3.63, 3.8) is 0 Å². The predicted molar refractivity (Wildman–Crippen MR) is 180 cm³/mol. The Morgan fingerprint density at radius 3 is 2.06 bits per heavy atom. The van der Waals surface area contributed by atoms with Crippen LogP contribution < -0.4 is 4.90 Å². The van der Waals surface area contributed by atoms with E-state index in [-0.39, 0.29) is 23.6 Å². The number of amides is 3. The molecule has 0 radical (unpaired) electrons. The van der Waals surface area contributed by atoms with E-state index in [1.54, 1.807) is 19.1 Å². The van der Waals surface area contributed by atoms with Gasteiger partial charge >= 0.3 is 12.1 Å². The molecule has 9 nitrogen and oxygen atoms in total. The third kappa shape index (κ3) is 9.64. The number of carboxylic acid groups (broad SMARTS) is 1. The molecule has 48 heavy (non-hydrogen) atoms. The van der Waals surface area contributed by atoms with Crippen LogP contribution in [0.5, 0.6) is 0 Å². The highest BCUT2D eigenvalue weighted by atomic mass is 79.9. The van der Waals surface area contributed by atoms with Gasteiger partial charge in [0, 0.05) is 73.8 Å². The maximum Gasteiger partial charge on any atom is 0.490 e. The molecule has 0 bridgehead atoms. The number of nitrogens with zero attached hydrogens (tertiary/aromatic N) is 4. The van der Waals surface area contributed by atoms with Crippen molar-refractivity contribution in [3.05, 3.63) is 62.0 Å². The smallest absolute Gasteiger partial charge is 0.475 e. The minimum absolute atomic E-state index is 0.00324. The fourth-order valence-corrected chi connectivity index (χ4v) is 7.43. The average Bonchev–Trinajstić information content (AvgIpc) is 3.59. The van der Waals surface area contributed by atoms with Gasteiger partial charge in [0.05, 0.1) is 10.6 Å². The summed E-state index contributed by atoms with van der Waals surface area (Å²) in [5.74, 6) is -1.76. The zero-order valence-corrected chi connectivity index (χ0v) is 29.7. The van der Waals surface area contributed by atoms with Gasteiger partial charge in [0.2, 0.25) is 11.8 Å². The zero-order chi connectivity index (χ0) is 35.3. The average molecular weight is 778 g/mol. The van der Waals surface area contributed by atoms with Crippen molar-refractivity contribution >= 4 is 68.5 Å². The lowest BCUT2D eigenvalue weighted by Crippen LogP contribution is -2.44. The molecule has 3 aliphatic heterocycles. The second-order valence-electron chi connectivity index (χ2n) is 12.5. The molecule has 2 atom stereocenters. The van der Waals surface area contributed by atoms with Gasteiger partial charge < -0.3 is 24.7 Å². The maximum absolute atomic E-state index is 13.7. The monoisotopic (exact) mass is 776 g/mol. The molecule has 2 aromatic rings. The van der Waals surface area contributed by atoms with E-state index in [2.05, 4.69) is 20.8 Å². The Labute approximate surface area is 296 Å². The molecule has 15 heteroatoms. The molecule has 262 valence electrons. The third-order valence-electron chi connectivity index (χ3n) is 9.13. The van der Waals surface area contributed by atoms with E-state index in [0.29, 0.717) is 59.9 Å². The molecule has 3 saturated heterocycles. The van der Waals surface area contributed by atoms with Crippen LogP contribution in [0.25, 0.3) is 0 Å². The van der Waals surface area contributed by atoms with E-state index in [1.807, 2.05) is 45.9 Å². The second-order valence-corrected chi connectivity index (χ2v) is 14.2. The number of piperidine rings is 1. The Balaban J connectivity index is 0.000000671. The van der Waals surface area contributed by atoms with Crippen LogP contribution in [0, 0.1) is 24.7 Å². The van der Waals surface area contributed by atoms with Crippen LogP contribution in [0.1, 0.15) is 42.1 Å². The van der Waals surface area contributed by atoms with Crippen molar-refractivity contribution in [3.8, 4) is 0 Å². The predicted octanol–water partition coefficient (Wildman–Crippen LogP) is 6.38. The van der Waals surface area contributed by atoms with Crippen LogP contribution in [0.3, 0.4) is 0 Å². The number of likely N-dealkylation sites (tertiary alicyclic amines) is 3. The molecular formula is C33H38BrCl2F3N4O5. The number of carbonyl (C=O) groups is 4. The summed E-state index contributed by atoms with van der Waals surface area (Å²) in [6, 6.07) is 11.2. The lowest BCUT2D eigenvalue weighted by molar-refractivity contribution is -0.192. The number of carbonyl (C=O) groups excluding carboxylic acids is 3. The second kappa shape index (κ2) is 16.2. The number of aliphatic carboxylic acids is 1. The summed E-state index contributed by atoms with van der Waals surface area (Å²) in [6.07, 6.45) is -2.87. The lowest BCUT2D eigenvalue weighted by Gasteiger charge is -2.34. The van der Waals surface area contributed by atoms with E-state index >= 15 is 0 Å². The van der Waals surface area contributed by atoms with Crippen LogP contribution in [0.4, 0.5) is 18.9 Å². The largest absolute Gasteiger partial charge is 0.490 e. The van der Waals surface area contributed by atoms with Crippen molar-refractivity contribution in [2.24, 2.45) is 17.8 Å². The van der Waals surface area contributed by atoms with Crippen molar-refractivity contribution in [1.29, 1.82) is 0 Å². The van der Waals surface area contributed by atoms with Gasteiger partial charge in [-0.3, -0.25) is 14.4 Å². The number of alkyl halides is 3. The van der Waals surface area contributed by atoms with E-state index < -0.39 is 12.1 Å². The number of halogens is 6. The zero-order valence-electron chi connectivity index (χ0n) is 26.6. The van der Waals surface area contributed by atoms with Gasteiger partial charge in [0.25, 0.3) is 5.91 Å². The van der Waals surface area contributed by atoms with Crippen molar-refractivity contribution in [2.45, 2.75) is 39.3 Å². The number of hydrogen-bond acceptors (Lipinski definition) is 5. The quantitative estimate of drug-likeness (QED) is 0.350. The molecular weight excluding hydrogens is 740 g/mol. The fraction of sp³-hybridized carbons (Fsp3) is 0.515. The Hall–Kier alpha value is -2.87. The maximum atomic E-state index is 13.7. The number of carboxylic acids is 1. The molecule has 0 spiro atoms. The summed E-state index contributed by atoms with van der Waals surface area (Å²) in [5, 5.41) is 8.25. The first-order valence-corrected chi connectivity index (χ1v) is 17.2. The van der Waals surface area contributed by atoms with Crippen LogP contribution in [0.15, 0.2) is 40.9 Å². The molecule has 3 aliphatic rings. The van der Waals surface area contributed by atoms with Crippen LogP contribution in [-0.4, -0.2) is 102 Å². The molecule has 1 N–H and O–H groups in total. The summed E-state index contributed by atoms with van der Waals surface area (Å²) in [5.41, 5.74) is 2.37. The van der Waals surface area contributed by atoms with Crippen molar-refractivity contribution in [1.82, 2.24) is 14.7 Å². The van der Waals surface area contributed by atoms with Gasteiger partial charge in [0.15, 0.2) is 0 Å². The summed E-state index contributed by atoms with van der Waals surface area (Å²) in [6.45, 7) is 9.71. The molecule has 3 amide bonds. The summed E-state index contributed by atoms with van der Waals surface area (Å²) < 4.78 is 32.6.